The predicted octanol–water partition coefficient (Wildman–Crippen LogP) is 13.0. The average molecular weight is 918 g/mol. The van der Waals surface area contributed by atoms with Gasteiger partial charge in [-0.3, -0.25) is 4.79 Å². The summed E-state index contributed by atoms with van der Waals surface area (Å²) >= 11 is 0. The van der Waals surface area contributed by atoms with Gasteiger partial charge in [0.25, 0.3) is 0 Å². The molecule has 0 aromatic carbocycles. The highest BCUT2D eigenvalue weighted by Gasteiger charge is 2.44. The summed E-state index contributed by atoms with van der Waals surface area (Å²) in [6.07, 6.45) is 53.4. The molecular weight excluding hydrogens is 815 g/mol. The average Bonchev–Trinajstić information content (AvgIpc) is 3.31. The van der Waals surface area contributed by atoms with Crippen molar-refractivity contribution in [2.45, 2.75) is 288 Å². The molecule has 1 heterocycles. The van der Waals surface area contributed by atoms with Crippen LogP contribution < -0.4 is 5.32 Å². The molecule has 380 valence electrons. The molecule has 7 atom stereocenters. The van der Waals surface area contributed by atoms with Crippen LogP contribution >= 0.6 is 0 Å². The summed E-state index contributed by atoms with van der Waals surface area (Å²) in [5.74, 6) is -0.178. The topological polar surface area (TPSA) is 149 Å². The Balaban J connectivity index is 2.08. The van der Waals surface area contributed by atoms with E-state index in [0.717, 1.165) is 51.4 Å². The molecule has 1 aliphatic heterocycles. The van der Waals surface area contributed by atoms with Gasteiger partial charge in [0.05, 0.1) is 25.4 Å². The Morgan fingerprint density at radius 3 is 1.34 bits per heavy atom. The van der Waals surface area contributed by atoms with E-state index in [-0.39, 0.29) is 12.5 Å². The van der Waals surface area contributed by atoms with Gasteiger partial charge in [-0.15, -0.1) is 0 Å². The van der Waals surface area contributed by atoms with E-state index in [1.165, 1.54) is 173 Å². The smallest absolute Gasteiger partial charge is 0.220 e. The van der Waals surface area contributed by atoms with Crippen molar-refractivity contribution >= 4 is 5.91 Å². The number of rotatable bonds is 46. The minimum absolute atomic E-state index is 0.178. The highest BCUT2D eigenvalue weighted by molar-refractivity contribution is 5.76. The molecule has 1 rings (SSSR count). The molecule has 0 bridgehead atoms. The van der Waals surface area contributed by atoms with Gasteiger partial charge < -0.3 is 40.3 Å². The standard InChI is InChI=1S/C56H103NO8/c1-3-5-7-9-11-13-14-15-16-17-18-19-20-21-22-23-24-25-26-27-28-29-30-31-32-33-34-35-36-38-40-42-44-46-52(60)57-49(50(59)45-43-41-39-37-12-10-8-6-4-2)48-64-56-55(63)54(62)53(61)51(47-58)65-56/h14-15,17-18,20-21,43,45,49-51,53-56,58-59,61-63H,3-13,16,19,22-42,44,46-48H2,1-2H3,(H,57,60)/b15-14-,18-17-,21-20-,45-43+. The summed E-state index contributed by atoms with van der Waals surface area (Å²) < 4.78 is 11.2. The molecule has 9 heteroatoms. The number of hydrogen-bond donors (Lipinski definition) is 6. The fraction of sp³-hybridized carbons (Fsp3) is 0.839. The Morgan fingerprint density at radius 2 is 0.908 bits per heavy atom. The Labute approximate surface area is 399 Å². The lowest BCUT2D eigenvalue weighted by Gasteiger charge is -2.40. The lowest BCUT2D eigenvalue weighted by Crippen LogP contribution is -2.60. The van der Waals surface area contributed by atoms with Gasteiger partial charge in [0, 0.05) is 6.42 Å². The van der Waals surface area contributed by atoms with Gasteiger partial charge in [0.1, 0.15) is 24.4 Å². The first kappa shape index (κ1) is 61.2. The van der Waals surface area contributed by atoms with Crippen molar-refractivity contribution in [3.05, 3.63) is 48.6 Å². The second-order valence-electron chi connectivity index (χ2n) is 19.0. The van der Waals surface area contributed by atoms with E-state index in [0.29, 0.717) is 6.42 Å². The first-order valence-corrected chi connectivity index (χ1v) is 27.4. The van der Waals surface area contributed by atoms with Crippen LogP contribution in [0.4, 0.5) is 0 Å². The maximum atomic E-state index is 13.0. The molecule has 7 unspecified atom stereocenters. The fourth-order valence-electron chi connectivity index (χ4n) is 8.52. The summed E-state index contributed by atoms with van der Waals surface area (Å²) in [5.41, 5.74) is 0. The van der Waals surface area contributed by atoms with Crippen molar-refractivity contribution in [1.82, 2.24) is 5.32 Å². The molecule has 0 radical (unpaired) electrons. The Kier molecular flexibility index (Phi) is 43.2. The van der Waals surface area contributed by atoms with Gasteiger partial charge in [-0.05, 0) is 57.8 Å². The molecule has 0 aromatic rings. The van der Waals surface area contributed by atoms with E-state index in [9.17, 15) is 30.3 Å². The van der Waals surface area contributed by atoms with Crippen LogP contribution in [0, 0.1) is 0 Å². The molecule has 1 aliphatic rings. The molecule has 1 amide bonds. The Morgan fingerprint density at radius 1 is 0.523 bits per heavy atom. The normalized spacial score (nSPS) is 20.3. The number of hydrogen-bond acceptors (Lipinski definition) is 8. The van der Waals surface area contributed by atoms with Crippen LogP contribution in [-0.4, -0.2) is 87.5 Å². The van der Waals surface area contributed by atoms with E-state index in [4.69, 9.17) is 9.47 Å². The summed E-state index contributed by atoms with van der Waals surface area (Å²) in [6, 6.07) is -0.802. The van der Waals surface area contributed by atoms with E-state index in [1.54, 1.807) is 6.08 Å². The van der Waals surface area contributed by atoms with Gasteiger partial charge in [0.15, 0.2) is 6.29 Å². The zero-order valence-electron chi connectivity index (χ0n) is 42.0. The highest BCUT2D eigenvalue weighted by atomic mass is 16.7. The molecule has 0 aromatic heterocycles. The van der Waals surface area contributed by atoms with Crippen LogP contribution in [0.3, 0.4) is 0 Å². The van der Waals surface area contributed by atoms with E-state index in [2.05, 4.69) is 55.6 Å². The van der Waals surface area contributed by atoms with Crippen LogP contribution in [0.15, 0.2) is 48.6 Å². The Hall–Kier alpha value is -1.85. The number of carbonyl (C=O) groups excluding carboxylic acids is 1. The number of allylic oxidation sites excluding steroid dienone is 7. The molecular formula is C56H103NO8. The maximum absolute atomic E-state index is 13.0. The van der Waals surface area contributed by atoms with Crippen LogP contribution in [0.1, 0.15) is 245 Å². The second kappa shape index (κ2) is 45.9. The van der Waals surface area contributed by atoms with Crippen molar-refractivity contribution in [2.24, 2.45) is 0 Å². The number of aliphatic hydroxyl groups is 5. The summed E-state index contributed by atoms with van der Waals surface area (Å²) in [4.78, 5) is 13.0. The van der Waals surface area contributed by atoms with E-state index >= 15 is 0 Å². The lowest BCUT2D eigenvalue weighted by molar-refractivity contribution is -0.302. The van der Waals surface area contributed by atoms with Gasteiger partial charge >= 0.3 is 0 Å². The van der Waals surface area contributed by atoms with Crippen LogP contribution in [0.25, 0.3) is 0 Å². The van der Waals surface area contributed by atoms with Gasteiger partial charge in [-0.25, -0.2) is 0 Å². The summed E-state index contributed by atoms with van der Waals surface area (Å²) in [6.45, 7) is 3.73. The molecule has 9 nitrogen and oxygen atoms in total. The number of amides is 1. The highest BCUT2D eigenvalue weighted by Crippen LogP contribution is 2.23. The first-order valence-electron chi connectivity index (χ1n) is 27.4. The SMILES string of the molecule is CCCCCCC/C=C\C/C=C\C/C=C\CCCCCCCCCCCCCCCCCCCCC(=O)NC(COC1OC(CO)C(O)C(O)C1O)C(O)/C=C/CCCCCCCCC. The lowest BCUT2D eigenvalue weighted by atomic mass is 9.99. The quantitative estimate of drug-likeness (QED) is 0.0261. The first-order chi connectivity index (χ1) is 31.8. The van der Waals surface area contributed by atoms with Crippen LogP contribution in [0.2, 0.25) is 0 Å². The zero-order chi connectivity index (χ0) is 47.3. The van der Waals surface area contributed by atoms with E-state index in [1.807, 2.05) is 6.08 Å². The molecule has 65 heavy (non-hydrogen) atoms. The number of ether oxygens (including phenoxy) is 2. The van der Waals surface area contributed by atoms with E-state index < -0.39 is 49.5 Å². The van der Waals surface area contributed by atoms with Gasteiger partial charge in [0.2, 0.25) is 5.91 Å². The van der Waals surface area contributed by atoms with Crippen molar-refractivity contribution in [3.63, 3.8) is 0 Å². The number of carbonyl (C=O) groups is 1. The number of aliphatic hydroxyl groups excluding tert-OH is 5. The number of nitrogens with one attached hydrogen (secondary N) is 1. The molecule has 0 saturated carbocycles. The molecule has 1 saturated heterocycles. The van der Waals surface area contributed by atoms with Crippen molar-refractivity contribution in [2.75, 3.05) is 13.2 Å². The second-order valence-corrected chi connectivity index (χ2v) is 19.0. The van der Waals surface area contributed by atoms with Crippen LogP contribution in [-0.2, 0) is 14.3 Å². The summed E-state index contributed by atoms with van der Waals surface area (Å²) in [5, 5.41) is 54.1. The summed E-state index contributed by atoms with van der Waals surface area (Å²) in [7, 11) is 0. The monoisotopic (exact) mass is 918 g/mol. The predicted molar refractivity (Wildman–Crippen MR) is 272 cm³/mol. The molecule has 1 fully saturated rings. The Bertz CT molecular complexity index is 1160. The molecule has 0 aliphatic carbocycles. The third-order valence-electron chi connectivity index (χ3n) is 12.9. The third-order valence-corrected chi connectivity index (χ3v) is 12.9. The molecule has 6 N–H and O–H groups in total. The third kappa shape index (κ3) is 35.9. The van der Waals surface area contributed by atoms with Gasteiger partial charge in [-0.1, -0.05) is 229 Å². The van der Waals surface area contributed by atoms with Gasteiger partial charge in [-0.2, -0.15) is 0 Å². The largest absolute Gasteiger partial charge is 0.394 e. The van der Waals surface area contributed by atoms with Crippen molar-refractivity contribution in [3.8, 4) is 0 Å². The minimum Gasteiger partial charge on any atom is -0.394 e. The zero-order valence-corrected chi connectivity index (χ0v) is 42.0. The van der Waals surface area contributed by atoms with Crippen LogP contribution in [0.5, 0.6) is 0 Å². The minimum atomic E-state index is -1.56. The van der Waals surface area contributed by atoms with Crippen molar-refractivity contribution < 1.29 is 39.8 Å². The molecule has 0 spiro atoms. The number of unbranched alkanes of at least 4 members (excludes halogenated alkanes) is 30. The fourth-order valence-corrected chi connectivity index (χ4v) is 8.52. The maximum Gasteiger partial charge on any atom is 0.220 e. The van der Waals surface area contributed by atoms with Crippen molar-refractivity contribution in [1.29, 1.82) is 0 Å².